The lowest BCUT2D eigenvalue weighted by Crippen LogP contribution is -2.51. The van der Waals surface area contributed by atoms with Crippen LogP contribution < -0.4 is 16.0 Å². The molecule has 3 aliphatic rings. The molecule has 1 saturated carbocycles. The molecule has 2 heterocycles. The molecule has 0 aromatic heterocycles. The molecule has 1 fully saturated rings. The summed E-state index contributed by atoms with van der Waals surface area (Å²) < 4.78 is 0. The van der Waals surface area contributed by atoms with Crippen LogP contribution in [0.1, 0.15) is 52.9 Å². The van der Waals surface area contributed by atoms with Crippen LogP contribution in [0.3, 0.4) is 0 Å². The van der Waals surface area contributed by atoms with Crippen LogP contribution in [0.25, 0.3) is 0 Å². The number of carbonyl (C=O) groups excluding carboxylic acids is 3. The van der Waals surface area contributed by atoms with Crippen molar-refractivity contribution >= 4 is 34.9 Å². The van der Waals surface area contributed by atoms with Gasteiger partial charge in [0.2, 0.25) is 5.91 Å². The third-order valence-electron chi connectivity index (χ3n) is 6.72. The highest BCUT2D eigenvalue weighted by atomic mass is 32.1. The third-order valence-corrected chi connectivity index (χ3v) is 7.11. The number of carbonyl (C=O) groups is 3. The Kier molecular flexibility index (Phi) is 7.64. The highest BCUT2D eigenvalue weighted by molar-refractivity contribution is 7.82. The Morgan fingerprint density at radius 3 is 2.71 bits per heavy atom. The number of nitrogens with zero attached hydrogens (tertiary/aromatic N) is 1. The van der Waals surface area contributed by atoms with Gasteiger partial charge in [-0.2, -0.15) is 0 Å². The Bertz CT molecular complexity index is 822. The Labute approximate surface area is 190 Å². The standard InChI is InChI=1S/C23H34N4O3S/c1-5-6-20(31)21(28)26-23(30)25-16-8-7-13(2)17(11-16)18-10-15-12-24-14(3)9-19(15)27(4)22(18)29/h9-10,13-14,16-18,24H,5-8,11-12H2,1-4H3,(H2,25,26,28,30). The Balaban J connectivity index is 1.67. The maximum Gasteiger partial charge on any atom is 0.321 e. The molecule has 1 aliphatic carbocycles. The summed E-state index contributed by atoms with van der Waals surface area (Å²) >= 11 is 5.05. The molecule has 3 N–H and O–H groups in total. The van der Waals surface area contributed by atoms with Gasteiger partial charge in [0, 0.05) is 31.4 Å². The van der Waals surface area contributed by atoms with E-state index in [0.717, 1.165) is 31.5 Å². The monoisotopic (exact) mass is 446 g/mol. The predicted octanol–water partition coefficient (Wildman–Crippen LogP) is 2.68. The molecule has 0 radical (unpaired) electrons. The van der Waals surface area contributed by atoms with E-state index in [9.17, 15) is 14.4 Å². The SMILES string of the molecule is CCCC(=S)C(=O)NC(=O)NC1CCC(C)C(C2C=C3CNC(C)C=C3N(C)C2=O)C1. The number of hydrogen-bond acceptors (Lipinski definition) is 5. The number of fused-ring (bicyclic) bond motifs is 1. The van der Waals surface area contributed by atoms with Crippen molar-refractivity contribution < 1.29 is 14.4 Å². The summed E-state index contributed by atoms with van der Waals surface area (Å²) in [5, 5.41) is 8.70. The summed E-state index contributed by atoms with van der Waals surface area (Å²) in [6.45, 7) is 6.96. The molecule has 3 rings (SSSR count). The number of imide groups is 1. The van der Waals surface area contributed by atoms with Gasteiger partial charge in [0.1, 0.15) is 0 Å². The summed E-state index contributed by atoms with van der Waals surface area (Å²) in [4.78, 5) is 39.6. The van der Waals surface area contributed by atoms with Crippen LogP contribution in [0.2, 0.25) is 0 Å². The van der Waals surface area contributed by atoms with Gasteiger partial charge >= 0.3 is 6.03 Å². The summed E-state index contributed by atoms with van der Waals surface area (Å²) in [5.74, 6) is -0.0680. The topological polar surface area (TPSA) is 90.5 Å². The van der Waals surface area contributed by atoms with Crippen molar-refractivity contribution in [3.05, 3.63) is 23.4 Å². The molecule has 2 aliphatic heterocycles. The lowest BCUT2D eigenvalue weighted by molar-refractivity contribution is -0.134. The van der Waals surface area contributed by atoms with Gasteiger partial charge in [-0.15, -0.1) is 0 Å². The minimum absolute atomic E-state index is 0.0771. The first kappa shape index (κ1) is 23.6. The summed E-state index contributed by atoms with van der Waals surface area (Å²) in [6.07, 6.45) is 7.95. The molecule has 0 spiro atoms. The number of amides is 4. The second-order valence-corrected chi connectivity index (χ2v) is 9.58. The zero-order valence-electron chi connectivity index (χ0n) is 18.9. The first-order valence-corrected chi connectivity index (χ1v) is 11.7. The molecule has 170 valence electrons. The first-order valence-electron chi connectivity index (χ1n) is 11.3. The molecule has 0 saturated heterocycles. The fraction of sp³-hybridized carbons (Fsp3) is 0.652. The van der Waals surface area contributed by atoms with Gasteiger partial charge in [-0.05, 0) is 56.1 Å². The first-order chi connectivity index (χ1) is 14.7. The van der Waals surface area contributed by atoms with Crippen LogP contribution in [0.15, 0.2) is 23.4 Å². The Hall–Kier alpha value is -2.06. The minimum atomic E-state index is -0.511. The molecule has 4 amide bonds. The van der Waals surface area contributed by atoms with Gasteiger partial charge in [0.05, 0.1) is 10.8 Å². The van der Waals surface area contributed by atoms with E-state index in [0.29, 0.717) is 18.8 Å². The molecule has 0 aromatic carbocycles. The molecular formula is C23H34N4O3S. The maximum absolute atomic E-state index is 13.2. The van der Waals surface area contributed by atoms with E-state index in [1.165, 1.54) is 5.57 Å². The van der Waals surface area contributed by atoms with Crippen LogP contribution in [-0.4, -0.2) is 53.3 Å². The fourth-order valence-electron chi connectivity index (χ4n) is 4.90. The Morgan fingerprint density at radius 2 is 2.00 bits per heavy atom. The lowest BCUT2D eigenvalue weighted by Gasteiger charge is -2.42. The van der Waals surface area contributed by atoms with E-state index < -0.39 is 11.9 Å². The molecule has 5 atom stereocenters. The Morgan fingerprint density at radius 1 is 1.26 bits per heavy atom. The van der Waals surface area contributed by atoms with Crippen molar-refractivity contribution in [3.8, 4) is 0 Å². The number of urea groups is 1. The molecule has 7 nitrogen and oxygen atoms in total. The summed E-state index contributed by atoms with van der Waals surface area (Å²) in [7, 11) is 1.85. The van der Waals surface area contributed by atoms with Crippen LogP contribution in [0, 0.1) is 17.8 Å². The van der Waals surface area contributed by atoms with Crippen LogP contribution in [0.4, 0.5) is 4.79 Å². The fourth-order valence-corrected chi connectivity index (χ4v) is 5.15. The van der Waals surface area contributed by atoms with Gasteiger partial charge in [-0.25, -0.2) is 4.79 Å². The van der Waals surface area contributed by atoms with E-state index in [2.05, 4.69) is 41.9 Å². The molecule has 0 aromatic rings. The van der Waals surface area contributed by atoms with Gasteiger partial charge in [0.25, 0.3) is 5.91 Å². The quantitative estimate of drug-likeness (QED) is 0.565. The number of hydrogen-bond donors (Lipinski definition) is 3. The number of likely N-dealkylation sites (N-methyl/N-ethyl adjacent to an activating group) is 1. The van der Waals surface area contributed by atoms with E-state index in [-0.39, 0.29) is 34.7 Å². The van der Waals surface area contributed by atoms with Gasteiger partial charge in [-0.1, -0.05) is 38.6 Å². The van der Waals surface area contributed by atoms with Crippen molar-refractivity contribution in [1.29, 1.82) is 0 Å². The molecule has 31 heavy (non-hydrogen) atoms. The maximum atomic E-state index is 13.2. The average Bonchev–Trinajstić information content (AvgIpc) is 2.72. The van der Waals surface area contributed by atoms with Gasteiger partial charge in [-0.3, -0.25) is 14.9 Å². The second kappa shape index (κ2) is 10.0. The van der Waals surface area contributed by atoms with E-state index in [4.69, 9.17) is 12.2 Å². The average molecular weight is 447 g/mol. The summed E-state index contributed by atoms with van der Waals surface area (Å²) in [5.41, 5.74) is 2.17. The largest absolute Gasteiger partial charge is 0.335 e. The summed E-state index contributed by atoms with van der Waals surface area (Å²) in [6, 6.07) is -0.345. The third kappa shape index (κ3) is 5.41. The smallest absolute Gasteiger partial charge is 0.321 e. The van der Waals surface area contributed by atoms with Crippen LogP contribution in [0.5, 0.6) is 0 Å². The van der Waals surface area contributed by atoms with Crippen molar-refractivity contribution in [2.45, 2.75) is 65.0 Å². The van der Waals surface area contributed by atoms with E-state index in [1.54, 1.807) is 4.90 Å². The zero-order valence-corrected chi connectivity index (χ0v) is 19.7. The predicted molar refractivity (Wildman–Crippen MR) is 124 cm³/mol. The van der Waals surface area contributed by atoms with Crippen molar-refractivity contribution in [1.82, 2.24) is 20.9 Å². The van der Waals surface area contributed by atoms with E-state index >= 15 is 0 Å². The molecule has 0 bridgehead atoms. The lowest BCUT2D eigenvalue weighted by atomic mass is 9.69. The highest BCUT2D eigenvalue weighted by Crippen LogP contribution is 2.40. The van der Waals surface area contributed by atoms with Gasteiger partial charge < -0.3 is 15.5 Å². The minimum Gasteiger partial charge on any atom is -0.335 e. The van der Waals surface area contributed by atoms with Crippen molar-refractivity contribution in [2.75, 3.05) is 13.6 Å². The molecule has 5 unspecified atom stereocenters. The van der Waals surface area contributed by atoms with Crippen LogP contribution in [-0.2, 0) is 9.59 Å². The van der Waals surface area contributed by atoms with E-state index in [1.807, 2.05) is 14.0 Å². The normalized spacial score (nSPS) is 30.6. The van der Waals surface area contributed by atoms with Crippen molar-refractivity contribution in [2.24, 2.45) is 17.8 Å². The molecular weight excluding hydrogens is 412 g/mol. The van der Waals surface area contributed by atoms with Crippen LogP contribution >= 0.6 is 12.2 Å². The van der Waals surface area contributed by atoms with Gasteiger partial charge in [0.15, 0.2) is 0 Å². The number of rotatable bonds is 5. The zero-order chi connectivity index (χ0) is 22.7. The molecule has 8 heteroatoms. The second-order valence-electron chi connectivity index (χ2n) is 9.09. The number of thiocarbonyl (C=S) groups is 1. The number of nitrogens with one attached hydrogen (secondary N) is 3. The highest BCUT2D eigenvalue weighted by Gasteiger charge is 2.41. The van der Waals surface area contributed by atoms with Crippen molar-refractivity contribution in [3.63, 3.8) is 0 Å².